The number of nitrogens with two attached hydrogens (primary N) is 1. The smallest absolute Gasteiger partial charge is 0.380 e. The Morgan fingerprint density at radius 2 is 1.80 bits per heavy atom. The van der Waals surface area contributed by atoms with Crippen molar-refractivity contribution in [3.63, 3.8) is 0 Å². The quantitative estimate of drug-likeness (QED) is 0.615. The van der Waals surface area contributed by atoms with E-state index in [9.17, 15) is 13.2 Å². The van der Waals surface area contributed by atoms with Gasteiger partial charge in [0.2, 0.25) is 0 Å². The number of hydrogen-bond acceptors (Lipinski definition) is 2. The van der Waals surface area contributed by atoms with Gasteiger partial charge in [-0.3, -0.25) is 0 Å². The van der Waals surface area contributed by atoms with Gasteiger partial charge in [0.1, 0.15) is 0 Å². The number of hydrogen-bond donors (Lipinski definition) is 1. The third-order valence-electron chi connectivity index (χ3n) is 0.792. The van der Waals surface area contributed by atoms with E-state index in [1.54, 1.807) is 0 Å². The summed E-state index contributed by atoms with van der Waals surface area (Å²) in [6.07, 6.45) is -5.01. The first-order chi connectivity index (χ1) is 4.56. The third-order valence-corrected chi connectivity index (χ3v) is 0.792. The average molecular weight is 157 g/mol. The van der Waals surface area contributed by atoms with Crippen LogP contribution in [-0.4, -0.2) is 25.9 Å². The van der Waals surface area contributed by atoms with Crippen LogP contribution in [-0.2, 0) is 4.74 Å². The van der Waals surface area contributed by atoms with Gasteiger partial charge in [0.05, 0.1) is 19.6 Å². The number of halogens is 3. The van der Waals surface area contributed by atoms with Crippen molar-refractivity contribution in [1.82, 2.24) is 0 Å². The Labute approximate surface area is 57.1 Å². The van der Waals surface area contributed by atoms with Crippen LogP contribution in [0.5, 0.6) is 0 Å². The molecule has 0 saturated heterocycles. The molecule has 0 atom stereocenters. The molecule has 0 amide bonds. The van der Waals surface area contributed by atoms with Gasteiger partial charge in [0, 0.05) is 6.54 Å². The number of alkyl halides is 3. The van der Waals surface area contributed by atoms with E-state index in [1.165, 1.54) is 0 Å². The Kier molecular flexibility index (Phi) is 4.38. The molecule has 0 radical (unpaired) electrons. The monoisotopic (exact) mass is 157 g/mol. The molecule has 0 aromatic heterocycles. The molecule has 0 bridgehead atoms. The summed E-state index contributed by atoms with van der Waals surface area (Å²) in [5, 5.41) is 0. The highest BCUT2D eigenvalue weighted by molar-refractivity contribution is 4.47. The van der Waals surface area contributed by atoms with E-state index in [0.717, 1.165) is 0 Å². The van der Waals surface area contributed by atoms with Crippen LogP contribution in [0.3, 0.4) is 0 Å². The Balaban J connectivity index is 3.04. The minimum absolute atomic E-state index is 0.191. The van der Waals surface area contributed by atoms with Gasteiger partial charge in [0.15, 0.2) is 0 Å². The lowest BCUT2D eigenvalue weighted by atomic mass is 10.4. The summed E-state index contributed by atoms with van der Waals surface area (Å²) >= 11 is 0. The summed E-state index contributed by atoms with van der Waals surface area (Å²) in [7, 11) is 0. The maximum absolute atomic E-state index is 11.4. The van der Waals surface area contributed by atoms with E-state index in [0.29, 0.717) is 0 Å². The Morgan fingerprint density at radius 1 is 1.20 bits per heavy atom. The minimum atomic E-state index is -4.12. The second-order valence-corrected chi connectivity index (χ2v) is 1.77. The lowest BCUT2D eigenvalue weighted by Crippen LogP contribution is -2.14. The molecule has 2 nitrogen and oxygen atoms in total. The van der Waals surface area contributed by atoms with Crippen molar-refractivity contribution < 1.29 is 17.9 Å². The Morgan fingerprint density at radius 3 is 2.20 bits per heavy atom. The summed E-state index contributed by atoms with van der Waals surface area (Å²) < 4.78 is 38.6. The van der Waals surface area contributed by atoms with Crippen LogP contribution < -0.4 is 5.73 Å². The van der Waals surface area contributed by atoms with Crippen molar-refractivity contribution in [3.8, 4) is 0 Å². The zero-order valence-electron chi connectivity index (χ0n) is 5.45. The normalized spacial score (nSPS) is 12.0. The molecule has 0 aliphatic carbocycles. The second kappa shape index (κ2) is 4.51. The number of rotatable bonds is 4. The summed E-state index contributed by atoms with van der Waals surface area (Å²) in [5.74, 6) is 0. The fourth-order valence-electron chi connectivity index (χ4n) is 0.373. The van der Waals surface area contributed by atoms with E-state index in [-0.39, 0.29) is 19.8 Å². The van der Waals surface area contributed by atoms with Crippen molar-refractivity contribution in [2.75, 3.05) is 19.8 Å². The van der Waals surface area contributed by atoms with E-state index in [4.69, 9.17) is 5.73 Å². The molecule has 0 saturated carbocycles. The molecule has 0 heterocycles. The van der Waals surface area contributed by atoms with Crippen LogP contribution in [0.2, 0.25) is 0 Å². The molecule has 10 heavy (non-hydrogen) atoms. The van der Waals surface area contributed by atoms with Crippen LogP contribution in [0.1, 0.15) is 6.42 Å². The second-order valence-electron chi connectivity index (χ2n) is 1.77. The van der Waals surface area contributed by atoms with Gasteiger partial charge in [-0.2, -0.15) is 13.2 Å². The van der Waals surface area contributed by atoms with Gasteiger partial charge in [-0.1, -0.05) is 0 Å². The minimum Gasteiger partial charge on any atom is -0.380 e. The van der Waals surface area contributed by atoms with Crippen LogP contribution in [0.25, 0.3) is 0 Å². The van der Waals surface area contributed by atoms with Crippen LogP contribution in [0.4, 0.5) is 13.2 Å². The highest BCUT2D eigenvalue weighted by Gasteiger charge is 2.26. The van der Waals surface area contributed by atoms with Gasteiger partial charge in [-0.25, -0.2) is 0 Å². The highest BCUT2D eigenvalue weighted by Crippen LogP contribution is 2.18. The molecular formula is C5H10F3NO. The highest BCUT2D eigenvalue weighted by atomic mass is 19.4. The van der Waals surface area contributed by atoms with Gasteiger partial charge < -0.3 is 10.5 Å². The molecule has 0 fully saturated rings. The maximum atomic E-state index is 11.4. The first-order valence-corrected chi connectivity index (χ1v) is 2.91. The Hall–Kier alpha value is -0.290. The van der Waals surface area contributed by atoms with Crippen LogP contribution in [0.15, 0.2) is 0 Å². The van der Waals surface area contributed by atoms with Gasteiger partial charge in [-0.15, -0.1) is 0 Å². The Bertz CT molecular complexity index is 83.5. The topological polar surface area (TPSA) is 35.2 Å². The maximum Gasteiger partial charge on any atom is 0.391 e. The zero-order chi connectivity index (χ0) is 8.04. The molecular weight excluding hydrogens is 147 g/mol. The van der Waals surface area contributed by atoms with Crippen LogP contribution in [0, 0.1) is 0 Å². The fraction of sp³-hybridized carbons (Fsp3) is 1.00. The molecule has 0 unspecified atom stereocenters. The van der Waals surface area contributed by atoms with E-state index in [1.807, 2.05) is 0 Å². The largest absolute Gasteiger partial charge is 0.391 e. The molecule has 2 N–H and O–H groups in total. The predicted molar refractivity (Wildman–Crippen MR) is 30.5 cm³/mol. The molecule has 0 rings (SSSR count). The lowest BCUT2D eigenvalue weighted by molar-refractivity contribution is -0.144. The molecule has 62 valence electrons. The van der Waals surface area contributed by atoms with Gasteiger partial charge >= 0.3 is 6.18 Å². The van der Waals surface area contributed by atoms with Crippen molar-refractivity contribution in [3.05, 3.63) is 0 Å². The molecule has 0 spiro atoms. The standard InChI is InChI=1S/C5H10F3NO/c6-5(7,8)1-3-10-4-2-9/h1-4,9H2. The van der Waals surface area contributed by atoms with Crippen molar-refractivity contribution in [1.29, 1.82) is 0 Å². The van der Waals surface area contributed by atoms with Gasteiger partial charge in [0.25, 0.3) is 0 Å². The zero-order valence-corrected chi connectivity index (χ0v) is 5.45. The fourth-order valence-corrected chi connectivity index (χ4v) is 0.373. The first kappa shape index (κ1) is 9.71. The summed E-state index contributed by atoms with van der Waals surface area (Å²) in [6, 6.07) is 0. The SMILES string of the molecule is NCCOCCC(F)(F)F. The third kappa shape index (κ3) is 7.71. The molecule has 0 aromatic carbocycles. The number of ether oxygens (including phenoxy) is 1. The first-order valence-electron chi connectivity index (χ1n) is 2.91. The predicted octanol–water partition coefficient (Wildman–Crippen LogP) is 0.914. The molecule has 5 heteroatoms. The molecule has 0 aliphatic rings. The summed E-state index contributed by atoms with van der Waals surface area (Å²) in [5.41, 5.74) is 4.97. The van der Waals surface area contributed by atoms with E-state index >= 15 is 0 Å². The van der Waals surface area contributed by atoms with Gasteiger partial charge in [-0.05, 0) is 0 Å². The lowest BCUT2D eigenvalue weighted by Gasteiger charge is -2.05. The summed E-state index contributed by atoms with van der Waals surface area (Å²) in [4.78, 5) is 0. The van der Waals surface area contributed by atoms with Crippen molar-refractivity contribution in [2.45, 2.75) is 12.6 Å². The molecule has 0 aliphatic heterocycles. The average Bonchev–Trinajstić information content (AvgIpc) is 1.78. The van der Waals surface area contributed by atoms with Crippen molar-refractivity contribution in [2.24, 2.45) is 5.73 Å². The van der Waals surface area contributed by atoms with E-state index < -0.39 is 12.6 Å². The van der Waals surface area contributed by atoms with Crippen molar-refractivity contribution >= 4 is 0 Å². The molecule has 0 aromatic rings. The summed E-state index contributed by atoms with van der Waals surface area (Å²) in [6.45, 7) is 0.161. The van der Waals surface area contributed by atoms with E-state index in [2.05, 4.69) is 4.74 Å². The van der Waals surface area contributed by atoms with Crippen LogP contribution >= 0.6 is 0 Å².